The van der Waals surface area contributed by atoms with Crippen molar-refractivity contribution in [1.29, 1.82) is 0 Å². The molecule has 0 spiro atoms. The molecule has 0 radical (unpaired) electrons. The van der Waals surface area contributed by atoms with Gasteiger partial charge in [0.25, 0.3) is 5.91 Å². The quantitative estimate of drug-likeness (QED) is 0.777. The van der Waals surface area contributed by atoms with Crippen molar-refractivity contribution in [3.63, 3.8) is 0 Å². The molecule has 1 saturated heterocycles. The molecule has 24 heavy (non-hydrogen) atoms. The standard InChI is InChI=1S/C19H24ClNO3/c1-18(2)8-15-9-19(3,11-18)12-21(15)16(22)10-24-17(23)13-4-6-14(20)7-5-13/h4-7,15H,8-12H2,1-3H3/t15-,19-/m1/s1. The number of halogens is 1. The van der Waals surface area contributed by atoms with Gasteiger partial charge in [-0.2, -0.15) is 0 Å². The van der Waals surface area contributed by atoms with Gasteiger partial charge in [0, 0.05) is 17.6 Å². The van der Waals surface area contributed by atoms with E-state index in [9.17, 15) is 9.59 Å². The van der Waals surface area contributed by atoms with Crippen molar-refractivity contribution >= 4 is 23.5 Å². The number of hydrogen-bond acceptors (Lipinski definition) is 3. The first-order chi connectivity index (χ1) is 11.2. The Hall–Kier alpha value is -1.55. The largest absolute Gasteiger partial charge is 0.452 e. The van der Waals surface area contributed by atoms with E-state index in [0.717, 1.165) is 25.8 Å². The molecule has 1 aliphatic carbocycles. The van der Waals surface area contributed by atoms with Crippen molar-refractivity contribution in [2.75, 3.05) is 13.2 Å². The van der Waals surface area contributed by atoms with Crippen LogP contribution in [-0.2, 0) is 9.53 Å². The third-order valence-corrected chi connectivity index (χ3v) is 5.39. The number of carbonyl (C=O) groups excluding carboxylic acids is 2. The van der Waals surface area contributed by atoms with Gasteiger partial charge in [0.15, 0.2) is 6.61 Å². The second-order valence-electron chi connectivity index (χ2n) is 8.32. The molecule has 0 aromatic heterocycles. The highest BCUT2D eigenvalue weighted by Crippen LogP contribution is 2.52. The highest BCUT2D eigenvalue weighted by molar-refractivity contribution is 6.30. The van der Waals surface area contributed by atoms with Crippen LogP contribution in [0.15, 0.2) is 24.3 Å². The monoisotopic (exact) mass is 349 g/mol. The third kappa shape index (κ3) is 3.59. The van der Waals surface area contributed by atoms with E-state index in [-0.39, 0.29) is 29.4 Å². The average Bonchev–Trinajstić information content (AvgIpc) is 2.74. The number of rotatable bonds is 3. The molecule has 2 atom stereocenters. The zero-order chi connectivity index (χ0) is 17.5. The molecule has 1 amide bonds. The van der Waals surface area contributed by atoms with Gasteiger partial charge in [-0.3, -0.25) is 4.79 Å². The lowest BCUT2D eigenvalue weighted by Gasteiger charge is -2.39. The van der Waals surface area contributed by atoms with E-state index >= 15 is 0 Å². The van der Waals surface area contributed by atoms with Crippen molar-refractivity contribution in [2.24, 2.45) is 10.8 Å². The lowest BCUT2D eigenvalue weighted by Crippen LogP contribution is -2.39. The Labute approximate surface area is 148 Å². The highest BCUT2D eigenvalue weighted by Gasteiger charge is 2.50. The second kappa shape index (κ2) is 6.07. The zero-order valence-electron chi connectivity index (χ0n) is 14.5. The van der Waals surface area contributed by atoms with Crippen LogP contribution in [0.3, 0.4) is 0 Å². The summed E-state index contributed by atoms with van der Waals surface area (Å²) in [7, 11) is 0. The minimum atomic E-state index is -0.492. The van der Waals surface area contributed by atoms with Crippen molar-refractivity contribution in [3.8, 4) is 0 Å². The molecule has 130 valence electrons. The van der Waals surface area contributed by atoms with E-state index < -0.39 is 5.97 Å². The minimum Gasteiger partial charge on any atom is -0.452 e. The van der Waals surface area contributed by atoms with Crippen LogP contribution < -0.4 is 0 Å². The number of amides is 1. The Balaban J connectivity index is 1.60. The molecule has 5 heteroatoms. The molecule has 1 heterocycles. The molecule has 2 aliphatic rings. The van der Waals surface area contributed by atoms with Crippen LogP contribution >= 0.6 is 11.6 Å². The van der Waals surface area contributed by atoms with E-state index in [1.807, 2.05) is 4.90 Å². The highest BCUT2D eigenvalue weighted by atomic mass is 35.5. The lowest BCUT2D eigenvalue weighted by molar-refractivity contribution is -0.135. The molecule has 3 rings (SSSR count). The SMILES string of the molecule is CC1(C)C[C@@H]2C[C@@](C)(CN2C(=O)COC(=O)c2ccc(Cl)cc2)C1. The molecule has 4 nitrogen and oxygen atoms in total. The van der Waals surface area contributed by atoms with E-state index in [0.29, 0.717) is 10.6 Å². The molecular formula is C19H24ClNO3. The van der Waals surface area contributed by atoms with E-state index in [1.54, 1.807) is 24.3 Å². The van der Waals surface area contributed by atoms with Gasteiger partial charge in [-0.15, -0.1) is 0 Å². The molecule has 2 fully saturated rings. The number of hydrogen-bond donors (Lipinski definition) is 0. The maximum atomic E-state index is 12.6. The van der Waals surface area contributed by atoms with Gasteiger partial charge in [-0.05, 0) is 54.4 Å². The van der Waals surface area contributed by atoms with Crippen LogP contribution in [0, 0.1) is 10.8 Å². The molecule has 1 aliphatic heterocycles. The molecule has 0 N–H and O–H groups in total. The van der Waals surface area contributed by atoms with Gasteiger partial charge in [0.2, 0.25) is 0 Å². The number of ether oxygens (including phenoxy) is 1. The third-order valence-electron chi connectivity index (χ3n) is 5.14. The Kier molecular flexibility index (Phi) is 4.37. The first-order valence-corrected chi connectivity index (χ1v) is 8.78. The Bertz CT molecular complexity index is 655. The summed E-state index contributed by atoms with van der Waals surface area (Å²) in [6.45, 7) is 7.36. The fraction of sp³-hybridized carbons (Fsp3) is 0.579. The second-order valence-corrected chi connectivity index (χ2v) is 8.75. The fourth-order valence-electron chi connectivity index (χ4n) is 4.63. The lowest BCUT2D eigenvalue weighted by atomic mass is 9.65. The summed E-state index contributed by atoms with van der Waals surface area (Å²) in [5, 5.41) is 0.558. The fourth-order valence-corrected chi connectivity index (χ4v) is 4.76. The summed E-state index contributed by atoms with van der Waals surface area (Å²) in [6.07, 6.45) is 3.19. The number of benzene rings is 1. The van der Waals surface area contributed by atoms with Crippen molar-refractivity contribution < 1.29 is 14.3 Å². The number of likely N-dealkylation sites (tertiary alicyclic amines) is 1. The Morgan fingerprint density at radius 1 is 1.21 bits per heavy atom. The summed E-state index contributed by atoms with van der Waals surface area (Å²) < 4.78 is 5.20. The number of esters is 1. The van der Waals surface area contributed by atoms with Gasteiger partial charge < -0.3 is 9.64 Å². The molecule has 2 bridgehead atoms. The van der Waals surface area contributed by atoms with Gasteiger partial charge >= 0.3 is 5.97 Å². The molecular weight excluding hydrogens is 326 g/mol. The van der Waals surface area contributed by atoms with Crippen LogP contribution in [-0.4, -0.2) is 36.0 Å². The zero-order valence-corrected chi connectivity index (χ0v) is 15.2. The van der Waals surface area contributed by atoms with E-state index in [4.69, 9.17) is 16.3 Å². The summed E-state index contributed by atoms with van der Waals surface area (Å²) in [5.41, 5.74) is 0.843. The topological polar surface area (TPSA) is 46.6 Å². The van der Waals surface area contributed by atoms with Gasteiger partial charge in [0.05, 0.1) is 5.56 Å². The minimum absolute atomic E-state index is 0.0938. The van der Waals surface area contributed by atoms with Crippen molar-refractivity contribution in [3.05, 3.63) is 34.9 Å². The number of carbonyl (C=O) groups is 2. The van der Waals surface area contributed by atoms with E-state index in [2.05, 4.69) is 20.8 Å². The first kappa shape index (κ1) is 17.3. The smallest absolute Gasteiger partial charge is 0.338 e. The maximum absolute atomic E-state index is 12.6. The van der Waals surface area contributed by atoms with Crippen molar-refractivity contribution in [1.82, 2.24) is 4.90 Å². The van der Waals surface area contributed by atoms with E-state index in [1.165, 1.54) is 0 Å². The Morgan fingerprint density at radius 2 is 1.88 bits per heavy atom. The van der Waals surface area contributed by atoms with Gasteiger partial charge in [0.1, 0.15) is 0 Å². The predicted octanol–water partition coefficient (Wildman–Crippen LogP) is 3.92. The Morgan fingerprint density at radius 3 is 2.54 bits per heavy atom. The van der Waals surface area contributed by atoms with Crippen LogP contribution in [0.2, 0.25) is 5.02 Å². The summed E-state index contributed by atoms with van der Waals surface area (Å²) in [4.78, 5) is 26.5. The van der Waals surface area contributed by atoms with Crippen LogP contribution in [0.25, 0.3) is 0 Å². The van der Waals surface area contributed by atoms with Crippen LogP contribution in [0.4, 0.5) is 0 Å². The number of fused-ring (bicyclic) bond motifs is 2. The average molecular weight is 350 g/mol. The molecule has 1 saturated carbocycles. The van der Waals surface area contributed by atoms with Gasteiger partial charge in [-0.1, -0.05) is 32.4 Å². The van der Waals surface area contributed by atoms with Crippen LogP contribution in [0.1, 0.15) is 50.4 Å². The molecule has 1 aromatic carbocycles. The van der Waals surface area contributed by atoms with Crippen LogP contribution in [0.5, 0.6) is 0 Å². The summed E-state index contributed by atoms with van der Waals surface area (Å²) >= 11 is 5.80. The van der Waals surface area contributed by atoms with Crippen molar-refractivity contribution in [2.45, 2.75) is 46.1 Å². The number of nitrogens with zero attached hydrogens (tertiary/aromatic N) is 1. The normalized spacial score (nSPS) is 27.8. The molecule has 1 aromatic rings. The first-order valence-electron chi connectivity index (χ1n) is 8.40. The molecule has 0 unspecified atom stereocenters. The summed E-state index contributed by atoms with van der Waals surface area (Å²) in [5.74, 6) is -0.586. The maximum Gasteiger partial charge on any atom is 0.338 e. The summed E-state index contributed by atoms with van der Waals surface area (Å²) in [6, 6.07) is 6.72. The van der Waals surface area contributed by atoms with Gasteiger partial charge in [-0.25, -0.2) is 4.79 Å². The predicted molar refractivity (Wildman–Crippen MR) is 93.0 cm³/mol.